The lowest BCUT2D eigenvalue weighted by Crippen LogP contribution is -2.61. The summed E-state index contributed by atoms with van der Waals surface area (Å²) in [6, 6.07) is 2.53. The van der Waals surface area contributed by atoms with Crippen LogP contribution < -0.4 is 75.7 Å². The molecule has 0 spiro atoms. The molecule has 43 heteroatoms. The number of aromatic nitrogens is 4. The van der Waals surface area contributed by atoms with Gasteiger partial charge in [0, 0.05) is 119 Å². The van der Waals surface area contributed by atoms with Gasteiger partial charge in [0.2, 0.25) is 100 Å². The van der Waals surface area contributed by atoms with E-state index in [9.17, 15) is 62.6 Å². The molecule has 0 aliphatic carbocycles. The molecule has 0 saturated carbocycles. The molecule has 0 unspecified atom stereocenters. The highest BCUT2D eigenvalue weighted by Crippen LogP contribution is 2.26. The molecule has 2 aliphatic rings. The minimum atomic E-state index is -1.87. The molecule has 134 heavy (non-hydrogen) atoms. The summed E-state index contributed by atoms with van der Waals surface area (Å²) < 4.78 is 0. The van der Waals surface area contributed by atoms with Crippen LogP contribution in [0.5, 0.6) is 0 Å². The summed E-state index contributed by atoms with van der Waals surface area (Å²) in [5.41, 5.74) is 20.0. The van der Waals surface area contributed by atoms with Crippen molar-refractivity contribution >= 4 is 140 Å². The smallest absolute Gasteiger partial charge is 0.246 e. The zero-order valence-corrected chi connectivity index (χ0v) is 77.3. The van der Waals surface area contributed by atoms with Gasteiger partial charge in [-0.05, 0) is 106 Å². The highest BCUT2D eigenvalue weighted by atomic mass is 32.2. The number of para-hydroxylation sites is 2. The number of nitrogens with one attached hydrogen (secondary N) is 15. The Morgan fingerprint density at radius 1 is 0.552 bits per heavy atom. The Balaban J connectivity index is 1.19. The second kappa shape index (κ2) is 51.7. The van der Waals surface area contributed by atoms with Gasteiger partial charge in [0.25, 0.3) is 0 Å². The molecule has 3 aromatic heterocycles. The molecule has 13 atom stereocenters. The number of allylic oxidation sites excluding steroid dienone is 2. The summed E-state index contributed by atoms with van der Waals surface area (Å²) in [6.07, 6.45) is 8.50. The number of aliphatic hydroxyl groups is 1. The molecule has 5 heterocycles. The summed E-state index contributed by atoms with van der Waals surface area (Å²) in [5.74, 6) is -17.4. The van der Waals surface area contributed by atoms with Gasteiger partial charge in [-0.2, -0.15) is 0 Å². The Hall–Kier alpha value is -14.0. The summed E-state index contributed by atoms with van der Waals surface area (Å²) in [4.78, 5) is 268. The largest absolute Gasteiger partial charge is 0.394 e. The molecule has 2 aliphatic heterocycles. The number of imidazole rings is 1. The Morgan fingerprint density at radius 3 is 1.72 bits per heavy atom. The number of thioether (sulfide) groups is 1. The summed E-state index contributed by atoms with van der Waals surface area (Å²) in [6.45, 7) is 9.85. The van der Waals surface area contributed by atoms with E-state index in [4.69, 9.17) is 22.6 Å². The van der Waals surface area contributed by atoms with Crippen LogP contribution >= 0.6 is 11.8 Å². The van der Waals surface area contributed by atoms with Crippen molar-refractivity contribution in [2.75, 3.05) is 72.5 Å². The number of primary amides is 2. The van der Waals surface area contributed by atoms with Crippen LogP contribution in [0.2, 0.25) is 0 Å². The van der Waals surface area contributed by atoms with Gasteiger partial charge < -0.3 is 120 Å². The number of aliphatic hydroxyl groups excluding tert-OH is 1. The first-order valence-electron chi connectivity index (χ1n) is 44.4. The monoisotopic (exact) mass is 1870 g/mol. The number of fused-ring (bicyclic) bond motifs is 3. The number of H-pyrrole nitrogens is 3. The Bertz CT molecular complexity index is 5160. The van der Waals surface area contributed by atoms with Gasteiger partial charge in [-0.1, -0.05) is 99.2 Å². The number of carbonyl (C=O) groups is 17. The van der Waals surface area contributed by atoms with E-state index in [0.29, 0.717) is 63.5 Å². The van der Waals surface area contributed by atoms with Crippen molar-refractivity contribution in [2.24, 2.45) is 23.1 Å². The summed E-state index contributed by atoms with van der Waals surface area (Å²) in [5, 5.41) is 49.4. The first kappa shape index (κ1) is 105. The van der Waals surface area contributed by atoms with Gasteiger partial charge in [-0.3, -0.25) is 86.9 Å². The Morgan fingerprint density at radius 2 is 1.11 bits per heavy atom. The molecule has 2 fully saturated rings. The quantitative estimate of drug-likeness (QED) is 0.0111. The van der Waals surface area contributed by atoms with Crippen molar-refractivity contribution in [3.8, 4) is 0 Å². The summed E-state index contributed by atoms with van der Waals surface area (Å²) >= 11 is 0.783. The maximum absolute atomic E-state index is 15.8. The zero-order valence-electron chi connectivity index (χ0n) is 76.4. The minimum Gasteiger partial charge on any atom is -0.394 e. The predicted octanol–water partition coefficient (Wildman–Crippen LogP) is -1.81. The van der Waals surface area contributed by atoms with Gasteiger partial charge in [-0.15, -0.1) is 24.9 Å². The molecule has 0 radical (unpaired) electrons. The number of guanidine groups is 1. The number of benzene rings is 3. The molecule has 6 aromatic rings. The SMILES string of the molecule is C=CCCCC[C@H]1C(=O)N(C)[C@@H](CCC=C)C(=O)N[C@@H](CCCNC(=N)N)C(=O)N[C@H](C(=O)NCC(N)=O)CSCC(=O)N[C@@H](Cc2ccccc2)C(=O)N(C)[C@@H](C)C(=O)N[C@@H](CC(N)=O)C(=O)N2CCC[C@H]2C(=O)N[C@@H](Cc2cnc[nH]2)C(=O)N[C@@H](CC(C)C)C(=O)N(C)CC(=O)N[C@@H](Cc2c[nH]c3ccccc23)C(=O)N[C@@H](CO)C(=O)N[C@@H](Cc2c[nH]c3ccccc23)C(=O)N1C. The van der Waals surface area contributed by atoms with E-state index in [1.165, 1.54) is 53.7 Å². The number of carbonyl (C=O) groups excluding carboxylic acids is 17. The number of hydrogen-bond acceptors (Lipinski definition) is 21. The Labute approximate surface area is 780 Å². The molecule has 8 rings (SSSR count). The predicted molar refractivity (Wildman–Crippen MR) is 499 cm³/mol. The fourth-order valence-electron chi connectivity index (χ4n) is 15.9. The second-order valence-corrected chi connectivity index (χ2v) is 34.8. The van der Waals surface area contributed by atoms with Crippen LogP contribution in [0.15, 0.2) is 129 Å². The van der Waals surface area contributed by atoms with Gasteiger partial charge >= 0.3 is 0 Å². The fourth-order valence-corrected chi connectivity index (χ4v) is 16.8. The molecule has 22 N–H and O–H groups in total. The average molecular weight is 1880 g/mol. The van der Waals surface area contributed by atoms with Crippen LogP contribution in [0.3, 0.4) is 0 Å². The standard InChI is InChI=1S/C91H126N24O18S/c1-10-12-14-18-33-73-90(133)113(8)71(32-13-11-2)84(127)104-62(31-23-35-97-91(94)95)80(123)110-70(79(122)100-46-75(93)118)49-134-50-77(120)103-66(38-54-25-16-15-17-26-54)87(130)112(7)53(5)78(121)106-68(42-74(92)117)89(132)115-36-24-34-72(115)85(128)105-64(41-57-45-96-51-101-57)82(125)107-65(37-52(3)4)86(129)111(6)47-76(119)102-63(39-55-43-98-60-29-21-19-27-58(55)60)81(124)109-69(48-116)83(126)108-67(88(131)114(73)9)40-56-44-99-61-30-22-20-28-59(56)61/h10-11,15-17,19-22,25-30,43-45,51-53,62-73,98-99,116H,1-2,12-14,18,23-24,31-42,46-50H2,3-9H3,(H2,92,117)(H2,93,118)(H,96,101)(H,100,122)(H,102,119)(H,103,120)(H,104,127)(H,105,128)(H,106,121)(H,107,125)(H,108,126)(H,109,124)(H,110,123)(H4,94,95,97)/t53-,62-,63-,64-,65-,66-,67-,68-,69-,70-,71-,72-,73-/m0/s1. The van der Waals surface area contributed by atoms with Crippen LogP contribution in [0, 0.1) is 11.3 Å². The van der Waals surface area contributed by atoms with Crippen molar-refractivity contribution in [3.05, 3.63) is 151 Å². The van der Waals surface area contributed by atoms with E-state index in [1.54, 1.807) is 111 Å². The normalized spacial score (nSPS) is 23.3. The van der Waals surface area contributed by atoms with Crippen LogP contribution in [-0.4, -0.2) is 307 Å². The number of hydrogen-bond donors (Lipinski definition) is 19. The average Bonchev–Trinajstić information content (AvgIpc) is 1.38. The van der Waals surface area contributed by atoms with Crippen molar-refractivity contribution < 1.29 is 86.6 Å². The van der Waals surface area contributed by atoms with Crippen molar-refractivity contribution in [1.82, 2.24) is 103 Å². The highest BCUT2D eigenvalue weighted by Gasteiger charge is 2.44. The lowest BCUT2D eigenvalue weighted by molar-refractivity contribution is -0.149. The number of rotatable bonds is 28. The molecule has 2 saturated heterocycles. The van der Waals surface area contributed by atoms with E-state index in [0.717, 1.165) is 36.3 Å². The molecule has 724 valence electrons. The summed E-state index contributed by atoms with van der Waals surface area (Å²) in [7, 11) is 5.19. The third kappa shape index (κ3) is 30.8. The van der Waals surface area contributed by atoms with Crippen LogP contribution in [-0.2, 0) is 107 Å². The number of likely N-dealkylation sites (N-methyl/N-ethyl adjacent to an activating group) is 4. The van der Waals surface area contributed by atoms with E-state index in [2.05, 4.69) is 91.6 Å². The topological polar surface area (TPSA) is 621 Å². The maximum Gasteiger partial charge on any atom is 0.246 e. The van der Waals surface area contributed by atoms with E-state index in [-0.39, 0.29) is 96.1 Å². The third-order valence-electron chi connectivity index (χ3n) is 23.3. The Kier molecular flexibility index (Phi) is 40.7. The van der Waals surface area contributed by atoms with Crippen LogP contribution in [0.4, 0.5) is 0 Å². The molecule has 42 nitrogen and oxygen atoms in total. The molecule has 17 amide bonds. The number of nitrogens with zero attached hydrogens (tertiary/aromatic N) is 6. The number of amides is 17. The molecular weight excluding hydrogens is 1750 g/mol. The van der Waals surface area contributed by atoms with Crippen LogP contribution in [0.1, 0.15) is 120 Å². The molecular formula is C91H126N24O18S. The first-order chi connectivity index (χ1) is 63.9. The van der Waals surface area contributed by atoms with Crippen molar-refractivity contribution in [2.45, 2.75) is 202 Å². The highest BCUT2D eigenvalue weighted by molar-refractivity contribution is 8.00. The zero-order chi connectivity index (χ0) is 98.0. The third-order valence-corrected chi connectivity index (χ3v) is 24.3. The van der Waals surface area contributed by atoms with E-state index in [1.807, 2.05) is 0 Å². The number of aromatic amines is 3. The van der Waals surface area contributed by atoms with Crippen molar-refractivity contribution in [3.63, 3.8) is 0 Å². The number of unbranched alkanes of at least 4 members (excludes halogenated alkanes) is 2. The van der Waals surface area contributed by atoms with Gasteiger partial charge in [0.1, 0.15) is 78.5 Å². The van der Waals surface area contributed by atoms with E-state index < -0.39 is 223 Å². The minimum absolute atomic E-state index is 0.0108. The van der Waals surface area contributed by atoms with Crippen molar-refractivity contribution in [1.29, 1.82) is 5.41 Å². The first-order valence-corrected chi connectivity index (χ1v) is 45.6. The maximum atomic E-state index is 15.8. The lowest BCUT2D eigenvalue weighted by Gasteiger charge is -2.36. The van der Waals surface area contributed by atoms with Gasteiger partial charge in [-0.25, -0.2) is 4.98 Å². The second-order valence-electron chi connectivity index (χ2n) is 33.8. The van der Waals surface area contributed by atoms with E-state index >= 15 is 24.0 Å². The van der Waals surface area contributed by atoms with Gasteiger partial charge in [0.05, 0.1) is 38.2 Å². The van der Waals surface area contributed by atoms with Gasteiger partial charge in [0.15, 0.2) is 5.96 Å². The molecule has 3 aromatic carbocycles. The fraction of sp³-hybridized carbons (Fsp3) is 0.484. The van der Waals surface area contributed by atoms with Crippen LogP contribution in [0.25, 0.3) is 21.8 Å². The number of nitrogens with two attached hydrogens (primary N) is 3. The molecule has 0 bridgehead atoms. The lowest BCUT2D eigenvalue weighted by atomic mass is 9.99.